The third-order valence-electron chi connectivity index (χ3n) is 9.08. The molecule has 5 aliphatic heterocycles. The summed E-state index contributed by atoms with van der Waals surface area (Å²) >= 11 is 0. The van der Waals surface area contributed by atoms with Crippen LogP contribution in [0.1, 0.15) is 50.7 Å². The van der Waals surface area contributed by atoms with Crippen molar-refractivity contribution in [3.8, 4) is 5.75 Å². The highest BCUT2D eigenvalue weighted by Gasteiger charge is 2.43. The predicted molar refractivity (Wildman–Crippen MR) is 147 cm³/mol. The summed E-state index contributed by atoms with van der Waals surface area (Å²) in [7, 11) is -2.97. The van der Waals surface area contributed by atoms with Crippen molar-refractivity contribution in [1.82, 2.24) is 20.4 Å². The van der Waals surface area contributed by atoms with Crippen LogP contribution in [0.15, 0.2) is 28.5 Å². The molecular formula is C27H40N6O3S. The van der Waals surface area contributed by atoms with E-state index in [1.807, 2.05) is 0 Å². The van der Waals surface area contributed by atoms with E-state index in [2.05, 4.69) is 65.6 Å². The molecule has 37 heavy (non-hydrogen) atoms. The molecule has 3 saturated heterocycles. The first-order valence-corrected chi connectivity index (χ1v) is 15.4. The first-order valence-electron chi connectivity index (χ1n) is 13.6. The number of nitrogens with zero attached hydrogens (tertiary/aromatic N) is 3. The number of piperidine rings is 1. The minimum atomic E-state index is -2.97. The molecule has 202 valence electrons. The molecule has 3 N–H and O–H groups in total. The van der Waals surface area contributed by atoms with Crippen molar-refractivity contribution in [3.05, 3.63) is 34.7 Å². The Kier molecular flexibility index (Phi) is 6.00. The summed E-state index contributed by atoms with van der Waals surface area (Å²) < 4.78 is 30.7. The molecule has 6 rings (SSSR count). The second-order valence-electron chi connectivity index (χ2n) is 11.8. The van der Waals surface area contributed by atoms with Crippen LogP contribution in [0.4, 0.5) is 5.69 Å². The molecular weight excluding hydrogens is 488 g/mol. The number of likely N-dealkylation sites (tertiary alicyclic amines) is 1. The first kappa shape index (κ1) is 25.0. The fraction of sp³-hybridized carbons (Fsp3) is 0.667. The number of aryl methyl sites for hydroxylation is 1. The molecule has 2 atom stereocenters. The molecule has 5 aliphatic rings. The van der Waals surface area contributed by atoms with E-state index >= 15 is 0 Å². The van der Waals surface area contributed by atoms with E-state index in [-0.39, 0.29) is 17.6 Å². The molecule has 0 saturated carbocycles. The topological polar surface area (TPSA) is 98.3 Å². The van der Waals surface area contributed by atoms with Crippen molar-refractivity contribution in [1.29, 1.82) is 0 Å². The van der Waals surface area contributed by atoms with Gasteiger partial charge in [0.1, 0.15) is 17.7 Å². The Morgan fingerprint density at radius 3 is 2.43 bits per heavy atom. The molecule has 0 aromatic heterocycles. The molecule has 0 aliphatic carbocycles. The maximum absolute atomic E-state index is 12.0. The number of hydrogen-bond donors (Lipinski definition) is 3. The Hall–Kier alpha value is -2.30. The van der Waals surface area contributed by atoms with Crippen LogP contribution < -0.4 is 20.7 Å². The van der Waals surface area contributed by atoms with Gasteiger partial charge >= 0.3 is 0 Å². The summed E-state index contributed by atoms with van der Waals surface area (Å²) in [6.07, 6.45) is 3.83. The van der Waals surface area contributed by atoms with Crippen LogP contribution in [0.2, 0.25) is 0 Å². The Morgan fingerprint density at radius 1 is 1.08 bits per heavy atom. The van der Waals surface area contributed by atoms with Gasteiger partial charge in [-0.2, -0.15) is 0 Å². The monoisotopic (exact) mass is 528 g/mol. The van der Waals surface area contributed by atoms with Crippen molar-refractivity contribution in [3.63, 3.8) is 0 Å². The molecule has 0 amide bonds. The maximum atomic E-state index is 12.0. The number of aliphatic imine (C=N–C) groups is 1. The van der Waals surface area contributed by atoms with Crippen LogP contribution in [0, 0.1) is 6.92 Å². The molecule has 1 unspecified atom stereocenters. The molecule has 10 heteroatoms. The minimum absolute atomic E-state index is 0.166. The van der Waals surface area contributed by atoms with Gasteiger partial charge in [-0.25, -0.2) is 13.4 Å². The van der Waals surface area contributed by atoms with E-state index in [1.165, 1.54) is 5.56 Å². The molecule has 0 radical (unpaired) electrons. The Labute approximate surface area is 220 Å². The Balaban J connectivity index is 1.28. The average molecular weight is 529 g/mol. The normalized spacial score (nSPS) is 31.2. The van der Waals surface area contributed by atoms with Gasteiger partial charge in [0.25, 0.3) is 0 Å². The smallest absolute Gasteiger partial charge is 0.157 e. The maximum Gasteiger partial charge on any atom is 0.157 e. The van der Waals surface area contributed by atoms with Crippen molar-refractivity contribution >= 4 is 21.9 Å². The molecule has 3 fully saturated rings. The third kappa shape index (κ3) is 4.40. The zero-order chi connectivity index (χ0) is 26.0. The Morgan fingerprint density at radius 2 is 1.78 bits per heavy atom. The van der Waals surface area contributed by atoms with Crippen molar-refractivity contribution in [2.75, 3.05) is 56.1 Å². The van der Waals surface area contributed by atoms with Crippen LogP contribution in [-0.4, -0.2) is 92.6 Å². The van der Waals surface area contributed by atoms with Gasteiger partial charge in [0.05, 0.1) is 29.1 Å². The van der Waals surface area contributed by atoms with E-state index in [9.17, 15) is 8.42 Å². The molecule has 1 aromatic rings. The summed E-state index contributed by atoms with van der Waals surface area (Å²) in [6, 6.07) is 4.59. The largest absolute Gasteiger partial charge is 0.484 e. The summed E-state index contributed by atoms with van der Waals surface area (Å²) in [5.41, 5.74) is 4.11. The van der Waals surface area contributed by atoms with Gasteiger partial charge in [-0.3, -0.25) is 4.90 Å². The highest BCUT2D eigenvalue weighted by atomic mass is 32.2. The number of sulfone groups is 1. The predicted octanol–water partition coefficient (Wildman–Crippen LogP) is 2.02. The second-order valence-corrected chi connectivity index (χ2v) is 14.1. The van der Waals surface area contributed by atoms with Gasteiger partial charge in [0, 0.05) is 31.7 Å². The van der Waals surface area contributed by atoms with Gasteiger partial charge in [0.2, 0.25) is 0 Å². The molecule has 5 heterocycles. The van der Waals surface area contributed by atoms with Crippen LogP contribution in [0.5, 0.6) is 5.75 Å². The number of benzene rings is 1. The highest BCUT2D eigenvalue weighted by Crippen LogP contribution is 2.44. The molecule has 1 aromatic carbocycles. The van der Waals surface area contributed by atoms with Gasteiger partial charge in [-0.15, -0.1) is 0 Å². The zero-order valence-corrected chi connectivity index (χ0v) is 23.2. The van der Waals surface area contributed by atoms with Gasteiger partial charge in [-0.05, 0) is 76.7 Å². The average Bonchev–Trinajstić information content (AvgIpc) is 2.95. The SMILES string of the molecule is Cc1cc(C2CCN(C3(C)CNC3)CC2)cc2c1O[C@H](C)C1=C(N3CCS(=O)(=O)CC3)NC=NC1(C)N2. The lowest BCUT2D eigenvalue weighted by molar-refractivity contribution is 0.0323. The van der Waals surface area contributed by atoms with E-state index < -0.39 is 15.5 Å². The summed E-state index contributed by atoms with van der Waals surface area (Å²) in [5.74, 6) is 2.65. The lowest BCUT2D eigenvalue weighted by atomic mass is 9.84. The zero-order valence-electron chi connectivity index (χ0n) is 22.4. The number of hydrogen-bond acceptors (Lipinski definition) is 9. The van der Waals surface area contributed by atoms with E-state index in [0.717, 1.165) is 67.4 Å². The lowest BCUT2D eigenvalue weighted by Gasteiger charge is -2.51. The van der Waals surface area contributed by atoms with Gasteiger partial charge in [0.15, 0.2) is 15.5 Å². The van der Waals surface area contributed by atoms with Crippen LogP contribution in [0.3, 0.4) is 0 Å². The van der Waals surface area contributed by atoms with Gasteiger partial charge in [-0.1, -0.05) is 6.07 Å². The van der Waals surface area contributed by atoms with E-state index in [0.29, 0.717) is 24.5 Å². The molecule has 0 bridgehead atoms. The quantitative estimate of drug-likeness (QED) is 0.548. The fourth-order valence-corrected chi connectivity index (χ4v) is 7.94. The fourth-order valence-electron chi connectivity index (χ4n) is 6.73. The van der Waals surface area contributed by atoms with Crippen LogP contribution >= 0.6 is 0 Å². The lowest BCUT2D eigenvalue weighted by Crippen LogP contribution is -2.68. The Bertz CT molecular complexity index is 1230. The van der Waals surface area contributed by atoms with Crippen LogP contribution in [0.25, 0.3) is 0 Å². The number of ether oxygens (including phenoxy) is 1. The first-order chi connectivity index (χ1) is 17.6. The van der Waals surface area contributed by atoms with Gasteiger partial charge < -0.3 is 25.6 Å². The number of anilines is 1. The number of fused-ring (bicyclic) bond motifs is 2. The summed E-state index contributed by atoms with van der Waals surface area (Å²) in [6.45, 7) is 14.0. The van der Waals surface area contributed by atoms with Crippen molar-refractivity contribution in [2.45, 2.75) is 63.8 Å². The number of rotatable bonds is 3. The highest BCUT2D eigenvalue weighted by molar-refractivity contribution is 7.91. The van der Waals surface area contributed by atoms with E-state index in [1.54, 1.807) is 6.34 Å². The second kappa shape index (κ2) is 8.88. The number of nitrogens with one attached hydrogen (secondary N) is 3. The standard InChI is InChI=1S/C27H40N6O3S/c1-18-13-21(20-5-7-33(8-6-20)26(3)15-28-16-26)14-22-24(18)36-19(2)23-25(29-17-30-27(23,4)31-22)32-9-11-37(34,35)12-10-32/h13-14,17,19-20,28,31H,5-12,15-16H2,1-4H3,(H,29,30)/t19-,27?/m1/s1. The summed E-state index contributed by atoms with van der Waals surface area (Å²) in [4.78, 5) is 9.64. The van der Waals surface area contributed by atoms with Crippen molar-refractivity contribution in [2.24, 2.45) is 4.99 Å². The van der Waals surface area contributed by atoms with Crippen LogP contribution in [-0.2, 0) is 9.84 Å². The third-order valence-corrected chi connectivity index (χ3v) is 10.7. The minimum Gasteiger partial charge on any atom is -0.484 e. The molecule has 9 nitrogen and oxygen atoms in total. The van der Waals surface area contributed by atoms with Crippen molar-refractivity contribution < 1.29 is 13.2 Å². The molecule has 0 spiro atoms. The summed E-state index contributed by atoms with van der Waals surface area (Å²) in [5, 5.41) is 10.5. The van der Waals surface area contributed by atoms with E-state index in [4.69, 9.17) is 9.73 Å².